The van der Waals surface area contributed by atoms with Crippen molar-refractivity contribution < 1.29 is 4.79 Å². The number of fused-ring (bicyclic) bond motifs is 1. The topological polar surface area (TPSA) is 62.5 Å². The molecule has 1 fully saturated rings. The van der Waals surface area contributed by atoms with Gasteiger partial charge in [-0.2, -0.15) is 5.10 Å². The SMILES string of the molecule is CCC1CCCN(C(C)(C)CNC(=O)c2c(C)nn3cccnc23)C1. The Balaban J connectivity index is 1.69. The predicted octanol–water partition coefficient (Wildman–Crippen LogP) is 2.67. The number of piperidine rings is 1. The number of hydrogen-bond donors (Lipinski definition) is 1. The smallest absolute Gasteiger partial charge is 0.257 e. The van der Waals surface area contributed by atoms with Crippen molar-refractivity contribution in [1.82, 2.24) is 24.8 Å². The summed E-state index contributed by atoms with van der Waals surface area (Å²) < 4.78 is 1.66. The zero-order valence-electron chi connectivity index (χ0n) is 15.7. The molecule has 1 aliphatic rings. The first-order valence-electron chi connectivity index (χ1n) is 9.25. The van der Waals surface area contributed by atoms with Crippen LogP contribution in [0.3, 0.4) is 0 Å². The molecule has 1 unspecified atom stereocenters. The highest BCUT2D eigenvalue weighted by Crippen LogP contribution is 2.25. The third-order valence-electron chi connectivity index (χ3n) is 5.43. The minimum Gasteiger partial charge on any atom is -0.350 e. The minimum absolute atomic E-state index is 0.0617. The van der Waals surface area contributed by atoms with Gasteiger partial charge in [0.2, 0.25) is 0 Å². The van der Waals surface area contributed by atoms with Crippen molar-refractivity contribution in [3.8, 4) is 0 Å². The molecule has 0 radical (unpaired) electrons. The Kier molecular flexibility index (Phi) is 5.08. The largest absolute Gasteiger partial charge is 0.350 e. The third kappa shape index (κ3) is 3.68. The molecule has 1 saturated heterocycles. The first-order chi connectivity index (χ1) is 11.9. The lowest BCUT2D eigenvalue weighted by Gasteiger charge is -2.43. The summed E-state index contributed by atoms with van der Waals surface area (Å²) in [7, 11) is 0. The third-order valence-corrected chi connectivity index (χ3v) is 5.43. The first kappa shape index (κ1) is 17.9. The summed E-state index contributed by atoms with van der Waals surface area (Å²) in [6.07, 6.45) is 7.30. The molecular formula is C19H29N5O. The van der Waals surface area contributed by atoms with E-state index < -0.39 is 0 Å². The molecule has 25 heavy (non-hydrogen) atoms. The number of carbonyl (C=O) groups is 1. The van der Waals surface area contributed by atoms with Crippen LogP contribution in [0.1, 0.15) is 56.1 Å². The number of carbonyl (C=O) groups excluding carboxylic acids is 1. The fourth-order valence-corrected chi connectivity index (χ4v) is 3.71. The summed E-state index contributed by atoms with van der Waals surface area (Å²) in [5.41, 5.74) is 1.83. The molecule has 3 rings (SSSR count). The van der Waals surface area contributed by atoms with Gasteiger partial charge in [-0.25, -0.2) is 9.50 Å². The average molecular weight is 343 g/mol. The molecule has 1 amide bonds. The molecule has 6 nitrogen and oxygen atoms in total. The second-order valence-corrected chi connectivity index (χ2v) is 7.71. The second-order valence-electron chi connectivity index (χ2n) is 7.71. The number of aryl methyl sites for hydroxylation is 1. The van der Waals surface area contributed by atoms with Crippen molar-refractivity contribution in [3.05, 3.63) is 29.7 Å². The summed E-state index contributed by atoms with van der Waals surface area (Å²) >= 11 is 0. The molecule has 1 N–H and O–H groups in total. The number of hydrogen-bond acceptors (Lipinski definition) is 4. The minimum atomic E-state index is -0.0941. The van der Waals surface area contributed by atoms with Crippen molar-refractivity contribution in [2.45, 2.75) is 52.5 Å². The van der Waals surface area contributed by atoms with Gasteiger partial charge in [-0.15, -0.1) is 0 Å². The Morgan fingerprint density at radius 3 is 3.00 bits per heavy atom. The lowest BCUT2D eigenvalue weighted by atomic mass is 9.91. The van der Waals surface area contributed by atoms with Crippen LogP contribution in [-0.4, -0.2) is 50.6 Å². The fraction of sp³-hybridized carbons (Fsp3) is 0.632. The van der Waals surface area contributed by atoms with E-state index in [-0.39, 0.29) is 11.4 Å². The van der Waals surface area contributed by atoms with Crippen LogP contribution < -0.4 is 5.32 Å². The number of likely N-dealkylation sites (tertiary alicyclic amines) is 1. The molecule has 136 valence electrons. The van der Waals surface area contributed by atoms with Crippen molar-refractivity contribution >= 4 is 11.6 Å². The highest BCUT2D eigenvalue weighted by molar-refractivity contribution is 6.01. The van der Waals surface area contributed by atoms with Gasteiger partial charge in [0.1, 0.15) is 5.56 Å². The Labute approximate surface area is 149 Å². The predicted molar refractivity (Wildman–Crippen MR) is 98.7 cm³/mol. The Bertz CT molecular complexity index is 751. The van der Waals surface area contributed by atoms with E-state index in [1.165, 1.54) is 19.3 Å². The summed E-state index contributed by atoms with van der Waals surface area (Å²) in [6, 6.07) is 1.81. The quantitative estimate of drug-likeness (QED) is 0.907. The molecule has 0 aromatic carbocycles. The zero-order valence-corrected chi connectivity index (χ0v) is 15.7. The molecule has 2 aromatic rings. The Hall–Kier alpha value is -1.95. The van der Waals surface area contributed by atoms with E-state index in [1.807, 2.05) is 19.2 Å². The molecule has 0 spiro atoms. The summed E-state index contributed by atoms with van der Waals surface area (Å²) in [5, 5.41) is 7.49. The molecule has 1 atom stereocenters. The van der Waals surface area contributed by atoms with Crippen LogP contribution in [0, 0.1) is 12.8 Å². The summed E-state index contributed by atoms with van der Waals surface area (Å²) in [6.45, 7) is 11.4. The van der Waals surface area contributed by atoms with Gasteiger partial charge < -0.3 is 5.32 Å². The highest BCUT2D eigenvalue weighted by atomic mass is 16.1. The van der Waals surface area contributed by atoms with Gasteiger partial charge in [-0.3, -0.25) is 9.69 Å². The Morgan fingerprint density at radius 2 is 2.24 bits per heavy atom. The highest BCUT2D eigenvalue weighted by Gasteiger charge is 2.31. The molecule has 6 heteroatoms. The molecule has 2 aromatic heterocycles. The van der Waals surface area contributed by atoms with Gasteiger partial charge >= 0.3 is 0 Å². The molecule has 0 saturated carbocycles. The van der Waals surface area contributed by atoms with Gasteiger partial charge in [0, 0.05) is 31.0 Å². The van der Waals surface area contributed by atoms with Crippen molar-refractivity contribution in [2.75, 3.05) is 19.6 Å². The first-order valence-corrected chi connectivity index (χ1v) is 9.25. The van der Waals surface area contributed by atoms with Crippen molar-refractivity contribution in [2.24, 2.45) is 5.92 Å². The van der Waals surface area contributed by atoms with Crippen LogP contribution >= 0.6 is 0 Å². The summed E-state index contributed by atoms with van der Waals surface area (Å²) in [4.78, 5) is 19.6. The molecule has 1 aliphatic heterocycles. The van der Waals surface area contributed by atoms with Gasteiger partial charge in [-0.1, -0.05) is 13.3 Å². The maximum Gasteiger partial charge on any atom is 0.257 e. The fourth-order valence-electron chi connectivity index (χ4n) is 3.71. The summed E-state index contributed by atoms with van der Waals surface area (Å²) in [5.74, 6) is 0.679. The lowest BCUT2D eigenvalue weighted by molar-refractivity contribution is 0.0612. The molecule has 0 aliphatic carbocycles. The van der Waals surface area contributed by atoms with Crippen LogP contribution in [0.25, 0.3) is 5.65 Å². The number of nitrogens with one attached hydrogen (secondary N) is 1. The van der Waals surface area contributed by atoms with Crippen molar-refractivity contribution in [3.63, 3.8) is 0 Å². The van der Waals surface area contributed by atoms with E-state index in [9.17, 15) is 4.79 Å². The molecule has 0 bridgehead atoms. The number of nitrogens with zero attached hydrogens (tertiary/aromatic N) is 4. The van der Waals surface area contributed by atoms with E-state index in [0.29, 0.717) is 23.4 Å². The maximum atomic E-state index is 12.8. The maximum absolute atomic E-state index is 12.8. The van der Waals surface area contributed by atoms with E-state index in [1.54, 1.807) is 10.7 Å². The van der Waals surface area contributed by atoms with Crippen LogP contribution in [0.4, 0.5) is 0 Å². The van der Waals surface area contributed by atoms with Crippen LogP contribution in [0.5, 0.6) is 0 Å². The van der Waals surface area contributed by atoms with Crippen LogP contribution in [0.15, 0.2) is 18.5 Å². The van der Waals surface area contributed by atoms with Gasteiger partial charge in [-0.05, 0) is 52.1 Å². The molecular weight excluding hydrogens is 314 g/mol. The number of aromatic nitrogens is 3. The normalized spacial score (nSPS) is 19.3. The molecule has 3 heterocycles. The van der Waals surface area contributed by atoms with Crippen LogP contribution in [0.2, 0.25) is 0 Å². The number of rotatable bonds is 5. The Morgan fingerprint density at radius 1 is 1.44 bits per heavy atom. The van der Waals surface area contributed by atoms with Gasteiger partial charge in [0.25, 0.3) is 5.91 Å². The van der Waals surface area contributed by atoms with E-state index in [2.05, 4.69) is 41.1 Å². The standard InChI is InChI=1S/C19H29N5O/c1-5-15-8-6-10-23(12-15)19(3,4)13-21-18(25)16-14(2)22-24-11-7-9-20-17(16)24/h7,9,11,15H,5-6,8,10,12-13H2,1-4H3,(H,21,25). The van der Waals surface area contributed by atoms with Gasteiger partial charge in [0.05, 0.1) is 5.69 Å². The van der Waals surface area contributed by atoms with E-state index >= 15 is 0 Å². The van der Waals surface area contributed by atoms with Crippen molar-refractivity contribution in [1.29, 1.82) is 0 Å². The second kappa shape index (κ2) is 7.12. The number of amides is 1. The van der Waals surface area contributed by atoms with Crippen LogP contribution in [-0.2, 0) is 0 Å². The van der Waals surface area contributed by atoms with E-state index in [0.717, 1.165) is 19.0 Å². The van der Waals surface area contributed by atoms with E-state index in [4.69, 9.17) is 0 Å². The lowest BCUT2D eigenvalue weighted by Crippen LogP contribution is -2.54. The average Bonchev–Trinajstić information content (AvgIpc) is 2.95. The monoisotopic (exact) mass is 343 g/mol. The zero-order chi connectivity index (χ0) is 18.0. The van der Waals surface area contributed by atoms with Gasteiger partial charge in [0.15, 0.2) is 5.65 Å².